The van der Waals surface area contributed by atoms with Crippen molar-refractivity contribution in [1.82, 2.24) is 5.32 Å². The van der Waals surface area contributed by atoms with Crippen LogP contribution in [0.2, 0.25) is 0 Å². The maximum atomic E-state index is 5.13. The molecule has 1 fully saturated rings. The van der Waals surface area contributed by atoms with E-state index in [4.69, 9.17) is 4.74 Å². The first-order valence-electron chi connectivity index (χ1n) is 4.17. The van der Waals surface area contributed by atoms with Crippen LogP contribution >= 0.6 is 0 Å². The summed E-state index contributed by atoms with van der Waals surface area (Å²) in [6, 6.07) is 0. The first kappa shape index (κ1) is 9.92. The Hall–Kier alpha value is -0.0800. The van der Waals surface area contributed by atoms with Gasteiger partial charge in [0.15, 0.2) is 0 Å². The Morgan fingerprint density at radius 1 is 1.40 bits per heavy atom. The molecule has 1 atom stereocenters. The average Bonchev–Trinajstić information content (AvgIpc) is 2.10. The fourth-order valence-corrected chi connectivity index (χ4v) is 1.02. The zero-order chi connectivity index (χ0) is 7.82. The third kappa shape index (κ3) is 3.85. The lowest BCUT2D eigenvalue weighted by molar-refractivity contribution is 0.0810. The van der Waals surface area contributed by atoms with Gasteiger partial charge in [-0.1, -0.05) is 13.8 Å². The van der Waals surface area contributed by atoms with E-state index >= 15 is 0 Å². The van der Waals surface area contributed by atoms with Crippen molar-refractivity contribution < 1.29 is 4.74 Å². The number of hydrogen-bond donors (Lipinski definition) is 1. The standard InChI is InChI=1S/C6H13NO.C2H6/c1-8-6-3-2-4-7-5-6;1-2/h6-7H,2-5H2,1H3;1-2H3. The largest absolute Gasteiger partial charge is 0.380 e. The van der Waals surface area contributed by atoms with E-state index in [0.29, 0.717) is 6.10 Å². The molecule has 0 amide bonds. The van der Waals surface area contributed by atoms with Crippen molar-refractivity contribution in [3.05, 3.63) is 0 Å². The van der Waals surface area contributed by atoms with Crippen LogP contribution in [0.4, 0.5) is 0 Å². The van der Waals surface area contributed by atoms with Gasteiger partial charge in [-0.25, -0.2) is 0 Å². The predicted octanol–water partition coefficient (Wildman–Crippen LogP) is 1.41. The molecule has 0 saturated carbocycles. The molecule has 1 heterocycles. The summed E-state index contributed by atoms with van der Waals surface area (Å²) in [6.07, 6.45) is 2.96. The molecule has 2 nitrogen and oxygen atoms in total. The van der Waals surface area contributed by atoms with E-state index in [0.717, 1.165) is 6.54 Å². The minimum Gasteiger partial charge on any atom is -0.380 e. The molecule has 1 rings (SSSR count). The molecule has 0 aromatic heterocycles. The van der Waals surface area contributed by atoms with Gasteiger partial charge in [-0.2, -0.15) is 0 Å². The minimum atomic E-state index is 0.476. The predicted molar refractivity (Wildman–Crippen MR) is 44.2 cm³/mol. The Balaban J connectivity index is 0.000000371. The summed E-state index contributed by atoms with van der Waals surface area (Å²) in [7, 11) is 1.78. The van der Waals surface area contributed by atoms with Crippen LogP contribution in [0.3, 0.4) is 0 Å². The monoisotopic (exact) mass is 145 g/mol. The molecule has 1 unspecified atom stereocenters. The van der Waals surface area contributed by atoms with Gasteiger partial charge in [-0.3, -0.25) is 0 Å². The van der Waals surface area contributed by atoms with Crippen LogP contribution in [0.25, 0.3) is 0 Å². The van der Waals surface area contributed by atoms with Gasteiger partial charge in [0.25, 0.3) is 0 Å². The van der Waals surface area contributed by atoms with Crippen LogP contribution in [-0.2, 0) is 4.74 Å². The van der Waals surface area contributed by atoms with Crippen molar-refractivity contribution in [2.75, 3.05) is 20.2 Å². The lowest BCUT2D eigenvalue weighted by atomic mass is 10.1. The molecule has 0 aliphatic carbocycles. The molecule has 1 saturated heterocycles. The van der Waals surface area contributed by atoms with Crippen molar-refractivity contribution in [2.24, 2.45) is 0 Å². The maximum absolute atomic E-state index is 5.13. The second-order valence-electron chi connectivity index (χ2n) is 2.20. The molecule has 0 aromatic rings. The van der Waals surface area contributed by atoms with Gasteiger partial charge >= 0.3 is 0 Å². The van der Waals surface area contributed by atoms with E-state index < -0.39 is 0 Å². The van der Waals surface area contributed by atoms with Crippen LogP contribution in [0.5, 0.6) is 0 Å². The second kappa shape index (κ2) is 7.03. The maximum Gasteiger partial charge on any atom is 0.0696 e. The summed E-state index contributed by atoms with van der Waals surface area (Å²) in [5.74, 6) is 0. The topological polar surface area (TPSA) is 21.3 Å². The normalized spacial score (nSPS) is 24.9. The highest BCUT2D eigenvalue weighted by molar-refractivity contribution is 4.67. The highest BCUT2D eigenvalue weighted by Crippen LogP contribution is 2.03. The molecule has 0 aromatic carbocycles. The molecule has 62 valence electrons. The van der Waals surface area contributed by atoms with E-state index in [1.807, 2.05) is 13.8 Å². The third-order valence-electron chi connectivity index (χ3n) is 1.58. The molecule has 1 aliphatic rings. The van der Waals surface area contributed by atoms with Crippen LogP contribution < -0.4 is 5.32 Å². The number of hydrogen-bond acceptors (Lipinski definition) is 2. The summed E-state index contributed by atoms with van der Waals surface area (Å²) < 4.78 is 5.13. The summed E-state index contributed by atoms with van der Waals surface area (Å²) in [4.78, 5) is 0. The van der Waals surface area contributed by atoms with Gasteiger partial charge in [-0.15, -0.1) is 0 Å². The van der Waals surface area contributed by atoms with Gasteiger partial charge in [0.05, 0.1) is 6.10 Å². The number of ether oxygens (including phenoxy) is 1. The van der Waals surface area contributed by atoms with Gasteiger partial charge in [0, 0.05) is 13.7 Å². The zero-order valence-electron chi connectivity index (χ0n) is 7.31. The lowest BCUT2D eigenvalue weighted by Crippen LogP contribution is -2.34. The fraction of sp³-hybridized carbons (Fsp3) is 1.00. The molecule has 0 radical (unpaired) electrons. The van der Waals surface area contributed by atoms with Crippen LogP contribution in [0.15, 0.2) is 0 Å². The average molecular weight is 145 g/mol. The summed E-state index contributed by atoms with van der Waals surface area (Å²) in [5.41, 5.74) is 0. The zero-order valence-corrected chi connectivity index (χ0v) is 7.31. The SMILES string of the molecule is CC.COC1CCCNC1. The summed E-state index contributed by atoms with van der Waals surface area (Å²) in [6.45, 7) is 6.20. The van der Waals surface area contributed by atoms with Crippen molar-refractivity contribution >= 4 is 0 Å². The van der Waals surface area contributed by atoms with Crippen molar-refractivity contribution in [1.29, 1.82) is 0 Å². The number of methoxy groups -OCH3 is 1. The molecular formula is C8H19NO. The van der Waals surface area contributed by atoms with E-state index in [-0.39, 0.29) is 0 Å². The van der Waals surface area contributed by atoms with Gasteiger partial charge < -0.3 is 10.1 Å². The molecule has 0 bridgehead atoms. The van der Waals surface area contributed by atoms with Crippen molar-refractivity contribution in [2.45, 2.75) is 32.8 Å². The fourth-order valence-electron chi connectivity index (χ4n) is 1.02. The minimum absolute atomic E-state index is 0.476. The van der Waals surface area contributed by atoms with Gasteiger partial charge in [0.2, 0.25) is 0 Å². The highest BCUT2D eigenvalue weighted by atomic mass is 16.5. The van der Waals surface area contributed by atoms with E-state index in [1.54, 1.807) is 7.11 Å². The van der Waals surface area contributed by atoms with Crippen LogP contribution in [0.1, 0.15) is 26.7 Å². The van der Waals surface area contributed by atoms with E-state index in [9.17, 15) is 0 Å². The van der Waals surface area contributed by atoms with Gasteiger partial charge in [-0.05, 0) is 19.4 Å². The Morgan fingerprint density at radius 3 is 2.40 bits per heavy atom. The number of piperidine rings is 1. The third-order valence-corrected chi connectivity index (χ3v) is 1.58. The first-order chi connectivity index (χ1) is 4.93. The van der Waals surface area contributed by atoms with E-state index in [2.05, 4.69) is 5.32 Å². The van der Waals surface area contributed by atoms with Crippen LogP contribution in [0, 0.1) is 0 Å². The molecule has 2 heteroatoms. The Kier molecular flexibility index (Phi) is 6.98. The molecule has 10 heavy (non-hydrogen) atoms. The molecule has 0 spiro atoms. The first-order valence-corrected chi connectivity index (χ1v) is 4.17. The second-order valence-corrected chi connectivity index (χ2v) is 2.20. The highest BCUT2D eigenvalue weighted by Gasteiger charge is 2.09. The van der Waals surface area contributed by atoms with Crippen LogP contribution in [-0.4, -0.2) is 26.3 Å². The number of rotatable bonds is 1. The molecule has 1 aliphatic heterocycles. The summed E-state index contributed by atoms with van der Waals surface area (Å²) >= 11 is 0. The lowest BCUT2D eigenvalue weighted by Gasteiger charge is -2.20. The quantitative estimate of drug-likeness (QED) is 0.602. The summed E-state index contributed by atoms with van der Waals surface area (Å²) in [5, 5.41) is 3.26. The molecule has 1 N–H and O–H groups in total. The molecular weight excluding hydrogens is 126 g/mol. The smallest absolute Gasteiger partial charge is 0.0696 e. The number of nitrogens with one attached hydrogen (secondary N) is 1. The Bertz CT molecular complexity index is 60.3. The van der Waals surface area contributed by atoms with E-state index in [1.165, 1.54) is 19.4 Å². The van der Waals surface area contributed by atoms with Crippen molar-refractivity contribution in [3.8, 4) is 0 Å². The van der Waals surface area contributed by atoms with Gasteiger partial charge in [0.1, 0.15) is 0 Å². The Labute approximate surface area is 64.0 Å². The Morgan fingerprint density at radius 2 is 2.10 bits per heavy atom. The van der Waals surface area contributed by atoms with Crippen molar-refractivity contribution in [3.63, 3.8) is 0 Å².